The van der Waals surface area contributed by atoms with Gasteiger partial charge in [0.05, 0.1) is 5.39 Å². The summed E-state index contributed by atoms with van der Waals surface area (Å²) >= 11 is 0. The van der Waals surface area contributed by atoms with Gasteiger partial charge in [0, 0.05) is 5.39 Å². The van der Waals surface area contributed by atoms with Gasteiger partial charge in [0.25, 0.3) is 11.9 Å². The molecule has 30 heavy (non-hydrogen) atoms. The van der Waals surface area contributed by atoms with Gasteiger partial charge in [-0.2, -0.15) is 0 Å². The van der Waals surface area contributed by atoms with Gasteiger partial charge in [-0.1, -0.05) is 24.3 Å². The average Bonchev–Trinajstić information content (AvgIpc) is 2.65. The molecule has 0 radical (unpaired) electrons. The highest BCUT2D eigenvalue weighted by Gasteiger charge is 2.31. The van der Waals surface area contributed by atoms with E-state index in [9.17, 15) is 32.7 Å². The van der Waals surface area contributed by atoms with E-state index in [0.717, 1.165) is 12.1 Å². The fraction of sp³-hybridized carbons (Fsp3) is 0.105. The van der Waals surface area contributed by atoms with E-state index in [-0.39, 0.29) is 16.3 Å². The highest BCUT2D eigenvalue weighted by Crippen LogP contribution is 2.35. The number of nitrogens with one attached hydrogen (secondary N) is 1. The largest absolute Gasteiger partial charge is 0.573 e. The van der Waals surface area contributed by atoms with Crippen LogP contribution < -0.4 is 15.7 Å². The van der Waals surface area contributed by atoms with Crippen molar-refractivity contribution in [3.8, 4) is 22.8 Å². The molecule has 0 fully saturated rings. The summed E-state index contributed by atoms with van der Waals surface area (Å²) in [4.78, 5) is 35.3. The first kappa shape index (κ1) is 20.7. The Morgan fingerprint density at radius 1 is 1.10 bits per heavy atom. The van der Waals surface area contributed by atoms with Gasteiger partial charge in [0.15, 0.2) is 0 Å². The Morgan fingerprint density at radius 3 is 2.37 bits per heavy atom. The van der Waals surface area contributed by atoms with Crippen LogP contribution in [0.1, 0.15) is 10.4 Å². The molecule has 3 rings (SSSR count). The number of halogens is 3. The van der Waals surface area contributed by atoms with Gasteiger partial charge in [-0.15, -0.1) is 13.2 Å². The van der Waals surface area contributed by atoms with E-state index in [1.807, 2.05) is 0 Å². The number of carbonyl (C=O) groups excluding carboxylic acids is 1. The Kier molecular flexibility index (Phi) is 5.37. The second kappa shape index (κ2) is 7.78. The first-order chi connectivity index (χ1) is 14.1. The first-order valence-corrected chi connectivity index (χ1v) is 8.22. The number of aliphatic carboxylic acids is 1. The van der Waals surface area contributed by atoms with Crippen LogP contribution in [-0.2, 0) is 4.79 Å². The summed E-state index contributed by atoms with van der Waals surface area (Å²) in [6.07, 6.45) is -4.87. The molecule has 1 heterocycles. The van der Waals surface area contributed by atoms with Gasteiger partial charge < -0.3 is 24.7 Å². The number of benzene rings is 2. The summed E-state index contributed by atoms with van der Waals surface area (Å²) in [5.74, 6) is -3.87. The van der Waals surface area contributed by atoms with E-state index in [2.05, 4.69) is 14.5 Å². The van der Waals surface area contributed by atoms with Gasteiger partial charge in [0.1, 0.15) is 17.9 Å². The Morgan fingerprint density at radius 2 is 1.77 bits per heavy atom. The standard InChI is InChI=1S/C19H12F3NO7/c20-19(21,22)30-10-6-4-9(5-7-10)11-2-1-3-12-14(11)15(18(28)29-17(12)27)16(26)23-8-13(24)25/h1-7,28H,8H2,(H,23,26)(H,24,25). The van der Waals surface area contributed by atoms with Crippen molar-refractivity contribution >= 4 is 22.6 Å². The minimum absolute atomic E-state index is 0.0568. The molecule has 11 heteroatoms. The first-order valence-electron chi connectivity index (χ1n) is 8.22. The highest BCUT2D eigenvalue weighted by atomic mass is 19.4. The van der Waals surface area contributed by atoms with Crippen LogP contribution in [0.4, 0.5) is 13.2 Å². The van der Waals surface area contributed by atoms with Gasteiger partial charge in [-0.25, -0.2) is 4.79 Å². The number of rotatable bonds is 5. The third kappa shape index (κ3) is 4.35. The van der Waals surface area contributed by atoms with Crippen LogP contribution in [-0.4, -0.2) is 35.0 Å². The van der Waals surface area contributed by atoms with Crippen molar-refractivity contribution in [1.82, 2.24) is 5.32 Å². The third-order valence-electron chi connectivity index (χ3n) is 3.96. The van der Waals surface area contributed by atoms with Crippen molar-refractivity contribution in [2.45, 2.75) is 6.36 Å². The van der Waals surface area contributed by atoms with Gasteiger partial charge in [-0.3, -0.25) is 9.59 Å². The molecule has 3 aromatic rings. The van der Waals surface area contributed by atoms with Gasteiger partial charge in [0.2, 0.25) is 0 Å². The zero-order chi connectivity index (χ0) is 22.1. The smallest absolute Gasteiger partial charge is 0.480 e. The van der Waals surface area contributed by atoms with Gasteiger partial charge >= 0.3 is 18.0 Å². The molecule has 0 bridgehead atoms. The number of alkyl halides is 3. The number of aromatic hydroxyl groups is 1. The fourth-order valence-electron chi connectivity index (χ4n) is 2.82. The molecule has 0 aliphatic rings. The molecule has 0 saturated carbocycles. The normalized spacial score (nSPS) is 11.3. The lowest BCUT2D eigenvalue weighted by atomic mass is 9.96. The summed E-state index contributed by atoms with van der Waals surface area (Å²) < 4.78 is 45.5. The van der Waals surface area contributed by atoms with Crippen LogP contribution in [0, 0.1) is 0 Å². The molecule has 0 saturated heterocycles. The maximum Gasteiger partial charge on any atom is 0.573 e. The Labute approximate surface area is 165 Å². The van der Waals surface area contributed by atoms with Crippen molar-refractivity contribution in [2.75, 3.05) is 6.54 Å². The number of fused-ring (bicyclic) bond motifs is 1. The summed E-state index contributed by atoms with van der Waals surface area (Å²) in [5.41, 5.74) is -0.935. The monoisotopic (exact) mass is 423 g/mol. The van der Waals surface area contributed by atoms with Crippen molar-refractivity contribution in [3.05, 3.63) is 58.4 Å². The summed E-state index contributed by atoms with van der Waals surface area (Å²) in [6.45, 7) is -0.759. The minimum atomic E-state index is -4.87. The molecule has 0 spiro atoms. The molecule has 3 N–H and O–H groups in total. The molecule has 156 valence electrons. The molecule has 0 aliphatic heterocycles. The Bertz CT molecular complexity index is 1180. The molecule has 1 amide bonds. The SMILES string of the molecule is O=C(O)CNC(=O)c1c(O)oc(=O)c2cccc(-c3ccc(OC(F)(F)F)cc3)c12. The van der Waals surface area contributed by atoms with E-state index in [4.69, 9.17) is 5.11 Å². The maximum absolute atomic E-state index is 12.4. The van der Waals surface area contributed by atoms with E-state index < -0.39 is 47.7 Å². The van der Waals surface area contributed by atoms with Crippen molar-refractivity contribution in [3.63, 3.8) is 0 Å². The molecule has 2 aromatic carbocycles. The number of carbonyl (C=O) groups is 2. The lowest BCUT2D eigenvalue weighted by molar-refractivity contribution is -0.274. The van der Waals surface area contributed by atoms with E-state index in [0.29, 0.717) is 5.56 Å². The quantitative estimate of drug-likeness (QED) is 0.576. The fourth-order valence-corrected chi connectivity index (χ4v) is 2.82. The number of carboxylic acids is 1. The number of carboxylic acid groups (broad SMARTS) is 1. The number of ether oxygens (including phenoxy) is 1. The molecule has 8 nitrogen and oxygen atoms in total. The Balaban J connectivity index is 2.17. The molecule has 0 atom stereocenters. The van der Waals surface area contributed by atoms with Crippen molar-refractivity contribution in [1.29, 1.82) is 0 Å². The zero-order valence-electron chi connectivity index (χ0n) is 14.8. The Hall–Kier alpha value is -4.02. The van der Waals surface area contributed by atoms with Crippen LogP contribution in [0.2, 0.25) is 0 Å². The molecule has 1 aromatic heterocycles. The van der Waals surface area contributed by atoms with Crippen LogP contribution in [0.15, 0.2) is 51.7 Å². The number of hydrogen-bond acceptors (Lipinski definition) is 6. The van der Waals surface area contributed by atoms with Gasteiger partial charge in [-0.05, 0) is 29.3 Å². The topological polar surface area (TPSA) is 126 Å². The van der Waals surface area contributed by atoms with Crippen LogP contribution in [0.5, 0.6) is 11.7 Å². The second-order valence-electron chi connectivity index (χ2n) is 5.95. The van der Waals surface area contributed by atoms with E-state index in [1.165, 1.54) is 30.3 Å². The number of amides is 1. The van der Waals surface area contributed by atoms with Crippen molar-refractivity contribution in [2.24, 2.45) is 0 Å². The minimum Gasteiger partial charge on any atom is -0.480 e. The summed E-state index contributed by atoms with van der Waals surface area (Å²) in [6, 6.07) is 8.84. The molecule has 0 aliphatic carbocycles. The lowest BCUT2D eigenvalue weighted by Gasteiger charge is -2.13. The molecular weight excluding hydrogens is 411 g/mol. The molecule has 0 unspecified atom stereocenters. The van der Waals surface area contributed by atoms with Crippen LogP contribution >= 0.6 is 0 Å². The van der Waals surface area contributed by atoms with Crippen LogP contribution in [0.25, 0.3) is 21.9 Å². The van der Waals surface area contributed by atoms with E-state index >= 15 is 0 Å². The maximum atomic E-state index is 12.4. The summed E-state index contributed by atoms with van der Waals surface area (Å²) in [5, 5.41) is 20.7. The number of hydrogen-bond donors (Lipinski definition) is 3. The third-order valence-corrected chi connectivity index (χ3v) is 3.96. The van der Waals surface area contributed by atoms with Crippen LogP contribution in [0.3, 0.4) is 0 Å². The summed E-state index contributed by atoms with van der Waals surface area (Å²) in [7, 11) is 0. The predicted molar refractivity (Wildman–Crippen MR) is 96.2 cm³/mol. The lowest BCUT2D eigenvalue weighted by Crippen LogP contribution is -2.29. The average molecular weight is 423 g/mol. The van der Waals surface area contributed by atoms with Crippen molar-refractivity contribution < 1.29 is 42.1 Å². The predicted octanol–water partition coefficient (Wildman–Crippen LogP) is 2.88. The highest BCUT2D eigenvalue weighted by molar-refractivity contribution is 6.13. The second-order valence-corrected chi connectivity index (χ2v) is 5.95. The van der Waals surface area contributed by atoms with E-state index in [1.54, 1.807) is 0 Å². The molecular formula is C19H12F3NO7. The zero-order valence-corrected chi connectivity index (χ0v) is 14.8.